The number of aliphatic carboxylic acids is 2. The molecule has 0 aliphatic carbocycles. The summed E-state index contributed by atoms with van der Waals surface area (Å²) >= 11 is 16.3. The first-order chi connectivity index (χ1) is 20.5. The van der Waals surface area contributed by atoms with Crippen molar-refractivity contribution in [2.45, 2.75) is 60.0 Å². The quantitative estimate of drug-likeness (QED) is 0.153. The molecule has 0 bridgehead atoms. The van der Waals surface area contributed by atoms with Crippen molar-refractivity contribution in [3.8, 4) is 0 Å². The number of carbonyl (C=O) groups excluding carboxylic acids is 3. The normalized spacial score (nSPS) is 18.6. The molecule has 3 atom stereocenters. The molecule has 3 heterocycles. The standard InChI is InChI=1S/C28H30Cl2N4O6S3/c1-2-17-11-18(7-9-33(17)8-3-4-20(31)27(37)38)41-12-15-13-43-26-23(25(36)34(26)24(15)28(39)40)32-22(35)14-42-21-10-16(29)5-6-19(21)30/h5-7,9-11,20,23,26H,2-4,8,12-14,31H2,1H3,(H2-,32,35,37,38,39,40)/t20-,23+,26+/m0/s1. The van der Waals surface area contributed by atoms with Crippen molar-refractivity contribution in [2.24, 2.45) is 5.73 Å². The Morgan fingerprint density at radius 3 is 2.72 bits per heavy atom. The molecular weight excluding hydrogens is 655 g/mol. The number of carboxylic acid groups (broad SMARTS) is 2. The molecule has 0 radical (unpaired) electrons. The molecule has 230 valence electrons. The van der Waals surface area contributed by atoms with Gasteiger partial charge in [0.2, 0.25) is 5.91 Å². The van der Waals surface area contributed by atoms with Gasteiger partial charge >= 0.3 is 5.97 Å². The van der Waals surface area contributed by atoms with Gasteiger partial charge < -0.3 is 26.1 Å². The fourth-order valence-electron chi connectivity index (χ4n) is 4.68. The maximum atomic E-state index is 13.0. The number of carboxylic acids is 2. The molecule has 2 aliphatic heterocycles. The van der Waals surface area contributed by atoms with Crippen LogP contribution in [-0.4, -0.2) is 68.5 Å². The maximum absolute atomic E-state index is 13.0. The van der Waals surface area contributed by atoms with Gasteiger partial charge in [-0.2, -0.15) is 0 Å². The number of β-lactam (4-membered cyclic amide) rings is 1. The molecule has 1 fully saturated rings. The highest BCUT2D eigenvalue weighted by Gasteiger charge is 2.54. The van der Waals surface area contributed by atoms with Gasteiger partial charge in [-0.3, -0.25) is 14.5 Å². The van der Waals surface area contributed by atoms with Crippen molar-refractivity contribution in [3.05, 3.63) is 63.5 Å². The molecule has 4 rings (SSSR count). The first-order valence-electron chi connectivity index (χ1n) is 13.4. The number of nitrogens with zero attached hydrogens (tertiary/aromatic N) is 2. The number of carbonyl (C=O) groups is 4. The van der Waals surface area contributed by atoms with E-state index in [0.29, 0.717) is 51.4 Å². The lowest BCUT2D eigenvalue weighted by Crippen LogP contribution is -2.70. The van der Waals surface area contributed by atoms with Crippen LogP contribution in [-0.2, 0) is 32.1 Å². The first-order valence-corrected chi connectivity index (χ1v) is 17.2. The number of hydrogen-bond donors (Lipinski definition) is 3. The molecule has 1 aromatic heterocycles. The van der Waals surface area contributed by atoms with E-state index in [4.69, 9.17) is 28.9 Å². The summed E-state index contributed by atoms with van der Waals surface area (Å²) in [6, 6.07) is 7.11. The molecule has 4 N–H and O–H groups in total. The molecule has 2 amide bonds. The van der Waals surface area contributed by atoms with Crippen LogP contribution in [0.4, 0.5) is 0 Å². The number of rotatable bonds is 14. The summed E-state index contributed by atoms with van der Waals surface area (Å²) in [6.07, 6.45) is 3.58. The fourth-order valence-corrected chi connectivity index (χ4v) is 8.41. The molecular formula is C28H30Cl2N4O6S3. The van der Waals surface area contributed by atoms with Crippen LogP contribution in [0.2, 0.25) is 10.0 Å². The Morgan fingerprint density at radius 2 is 2.02 bits per heavy atom. The number of pyridine rings is 1. The number of thioether (sulfide) groups is 3. The van der Waals surface area contributed by atoms with Crippen LogP contribution in [0.5, 0.6) is 0 Å². The van der Waals surface area contributed by atoms with Crippen molar-refractivity contribution < 1.29 is 34.0 Å². The molecule has 10 nitrogen and oxygen atoms in total. The minimum atomic E-state index is -1.26. The molecule has 0 spiro atoms. The predicted octanol–water partition coefficient (Wildman–Crippen LogP) is 2.32. The minimum absolute atomic E-state index is 0.0227. The highest BCUT2D eigenvalue weighted by Crippen LogP contribution is 2.41. The second-order valence-electron chi connectivity index (χ2n) is 9.83. The van der Waals surface area contributed by atoms with Crippen LogP contribution in [0.3, 0.4) is 0 Å². The zero-order valence-corrected chi connectivity index (χ0v) is 27.0. The Balaban J connectivity index is 1.36. The lowest BCUT2D eigenvalue weighted by atomic mass is 10.0. The van der Waals surface area contributed by atoms with Gasteiger partial charge in [0.25, 0.3) is 5.91 Å². The van der Waals surface area contributed by atoms with E-state index >= 15 is 0 Å². The van der Waals surface area contributed by atoms with E-state index in [1.54, 1.807) is 18.2 Å². The van der Waals surface area contributed by atoms with Crippen molar-refractivity contribution >= 4 is 82.2 Å². The molecule has 15 heteroatoms. The Labute approximate surface area is 271 Å². The topological polar surface area (TPSA) is 157 Å². The van der Waals surface area contributed by atoms with Gasteiger partial charge in [0.1, 0.15) is 23.7 Å². The van der Waals surface area contributed by atoms with Crippen molar-refractivity contribution in [1.29, 1.82) is 0 Å². The van der Waals surface area contributed by atoms with Crippen LogP contribution < -0.4 is 20.7 Å². The average Bonchev–Trinajstić information content (AvgIpc) is 2.98. The van der Waals surface area contributed by atoms with E-state index in [9.17, 15) is 29.4 Å². The Hall–Kier alpha value is -2.42. The van der Waals surface area contributed by atoms with Gasteiger partial charge in [0.15, 0.2) is 11.9 Å². The van der Waals surface area contributed by atoms with Crippen LogP contribution in [0, 0.1) is 0 Å². The first kappa shape index (κ1) is 33.5. The third-order valence-electron chi connectivity index (χ3n) is 6.91. The number of aryl methyl sites for hydroxylation is 2. The summed E-state index contributed by atoms with van der Waals surface area (Å²) in [7, 11) is 0. The number of aromatic nitrogens is 1. The predicted molar refractivity (Wildman–Crippen MR) is 166 cm³/mol. The summed E-state index contributed by atoms with van der Waals surface area (Å²) in [4.78, 5) is 51.6. The molecule has 0 unspecified atom stereocenters. The molecule has 43 heavy (non-hydrogen) atoms. The van der Waals surface area contributed by atoms with Crippen molar-refractivity contribution in [2.75, 3.05) is 17.3 Å². The number of nitrogens with two attached hydrogens (primary N) is 1. The highest BCUT2D eigenvalue weighted by molar-refractivity contribution is 8.01. The molecule has 2 aromatic rings. The zero-order valence-electron chi connectivity index (χ0n) is 23.1. The van der Waals surface area contributed by atoms with E-state index in [2.05, 4.69) is 5.32 Å². The SMILES string of the molecule is CCc1cc(SCC2=C(C(=O)O)N3C(=O)[C@@H](NC(=O)CSc4cc(Cl)ccc4Cl)[C@H]3SC2)cc[n+]1CCC[C@H](N)C(=O)[O-]. The third kappa shape index (κ3) is 8.20. The maximum Gasteiger partial charge on any atom is 0.352 e. The van der Waals surface area contributed by atoms with E-state index in [1.807, 2.05) is 29.8 Å². The fraction of sp³-hybridized carbons (Fsp3) is 0.393. The second-order valence-corrected chi connectivity index (χ2v) is 13.8. The number of hydrogen-bond acceptors (Lipinski definition) is 9. The minimum Gasteiger partial charge on any atom is -0.548 e. The summed E-state index contributed by atoms with van der Waals surface area (Å²) in [5.41, 5.74) is 7.19. The summed E-state index contributed by atoms with van der Waals surface area (Å²) in [5, 5.41) is 24.1. The number of amides is 2. The lowest BCUT2D eigenvalue weighted by Gasteiger charge is -2.49. The Bertz CT molecular complexity index is 1460. The van der Waals surface area contributed by atoms with E-state index in [1.165, 1.54) is 40.2 Å². The van der Waals surface area contributed by atoms with Crippen LogP contribution >= 0.6 is 58.5 Å². The Kier molecular flexibility index (Phi) is 11.7. The monoisotopic (exact) mass is 684 g/mol. The Morgan fingerprint density at radius 1 is 1.26 bits per heavy atom. The molecule has 1 aromatic carbocycles. The summed E-state index contributed by atoms with van der Waals surface area (Å²) in [6.45, 7) is 2.63. The van der Waals surface area contributed by atoms with Gasteiger partial charge in [0, 0.05) is 57.3 Å². The van der Waals surface area contributed by atoms with E-state index < -0.39 is 35.3 Å². The van der Waals surface area contributed by atoms with E-state index in [0.717, 1.165) is 17.0 Å². The van der Waals surface area contributed by atoms with Gasteiger partial charge in [-0.15, -0.1) is 35.3 Å². The summed E-state index contributed by atoms with van der Waals surface area (Å²) in [5.74, 6) is -2.44. The number of nitrogens with one attached hydrogen (secondary N) is 1. The lowest BCUT2D eigenvalue weighted by molar-refractivity contribution is -0.704. The van der Waals surface area contributed by atoms with Crippen LogP contribution in [0.25, 0.3) is 0 Å². The number of benzene rings is 1. The van der Waals surface area contributed by atoms with E-state index in [-0.39, 0.29) is 17.4 Å². The summed E-state index contributed by atoms with van der Waals surface area (Å²) < 4.78 is 2.05. The highest BCUT2D eigenvalue weighted by atomic mass is 35.5. The average molecular weight is 686 g/mol. The largest absolute Gasteiger partial charge is 0.548 e. The molecule has 2 aliphatic rings. The van der Waals surface area contributed by atoms with Gasteiger partial charge in [-0.05, 0) is 30.2 Å². The number of halogens is 2. The van der Waals surface area contributed by atoms with Gasteiger partial charge in [0.05, 0.1) is 16.7 Å². The van der Waals surface area contributed by atoms with Crippen LogP contribution in [0.15, 0.2) is 57.6 Å². The second kappa shape index (κ2) is 15.0. The molecule has 0 saturated carbocycles. The smallest absolute Gasteiger partial charge is 0.352 e. The zero-order chi connectivity index (χ0) is 31.3. The number of fused-ring (bicyclic) bond motifs is 1. The van der Waals surface area contributed by atoms with Crippen molar-refractivity contribution in [1.82, 2.24) is 10.2 Å². The van der Waals surface area contributed by atoms with Gasteiger partial charge in [-0.25, -0.2) is 9.36 Å². The van der Waals surface area contributed by atoms with Gasteiger partial charge in [-0.1, -0.05) is 30.1 Å². The molecule has 1 saturated heterocycles. The van der Waals surface area contributed by atoms with Crippen molar-refractivity contribution in [3.63, 3.8) is 0 Å². The third-order valence-corrected chi connectivity index (χ3v) is 11.1. The van der Waals surface area contributed by atoms with Crippen LogP contribution in [0.1, 0.15) is 25.5 Å².